The van der Waals surface area contributed by atoms with E-state index in [-0.39, 0.29) is 18.8 Å². The van der Waals surface area contributed by atoms with E-state index in [1.54, 1.807) is 0 Å². The summed E-state index contributed by atoms with van der Waals surface area (Å²) < 4.78 is 28.4. The molecule has 0 amide bonds. The van der Waals surface area contributed by atoms with Gasteiger partial charge < -0.3 is 4.74 Å². The fourth-order valence-electron chi connectivity index (χ4n) is 2.41. The Hall–Kier alpha value is -1.29. The van der Waals surface area contributed by atoms with E-state index in [0.29, 0.717) is 6.42 Å². The summed E-state index contributed by atoms with van der Waals surface area (Å²) >= 11 is 0. The second-order valence-electron chi connectivity index (χ2n) is 4.89. The summed E-state index contributed by atoms with van der Waals surface area (Å²) in [6.07, 6.45) is 1.51. The van der Waals surface area contributed by atoms with Crippen molar-refractivity contribution in [2.24, 2.45) is 0 Å². The fourth-order valence-corrected chi connectivity index (χ4v) is 2.41. The number of carbonyl (C=O) groups is 1. The largest absolute Gasteiger partial charge is 0.375 e. The molecule has 0 saturated carbocycles. The summed E-state index contributed by atoms with van der Waals surface area (Å²) in [5.74, 6) is 0.0345. The van der Waals surface area contributed by atoms with Gasteiger partial charge in [-0.05, 0) is 36.0 Å². The Bertz CT molecular complexity index is 444. The van der Waals surface area contributed by atoms with E-state index in [0.717, 1.165) is 18.4 Å². The van der Waals surface area contributed by atoms with Gasteiger partial charge in [0.25, 0.3) is 6.43 Å². The van der Waals surface area contributed by atoms with E-state index >= 15 is 0 Å². The molecule has 1 aromatic rings. The molecule has 0 unspecified atom stereocenters. The number of hydrogen-bond donors (Lipinski definition) is 0. The minimum atomic E-state index is -2.47. The molecule has 0 aromatic heterocycles. The summed E-state index contributed by atoms with van der Waals surface area (Å²) in [4.78, 5) is 11.7. The summed E-state index contributed by atoms with van der Waals surface area (Å²) in [5.41, 5.74) is 3.75. The molecular weight excluding hydrogens is 250 g/mol. The zero-order valence-corrected chi connectivity index (χ0v) is 10.8. The number of alkyl halides is 2. The van der Waals surface area contributed by atoms with Crippen LogP contribution in [0.3, 0.4) is 0 Å². The van der Waals surface area contributed by atoms with Crippen LogP contribution in [0.5, 0.6) is 0 Å². The Balaban J connectivity index is 1.76. The van der Waals surface area contributed by atoms with Gasteiger partial charge in [0, 0.05) is 12.8 Å². The lowest BCUT2D eigenvalue weighted by atomic mass is 10.0. The molecule has 2 nitrogen and oxygen atoms in total. The number of ether oxygens (including phenoxy) is 1. The van der Waals surface area contributed by atoms with Crippen LogP contribution in [0.2, 0.25) is 0 Å². The van der Waals surface area contributed by atoms with Crippen LogP contribution < -0.4 is 0 Å². The van der Waals surface area contributed by atoms with Gasteiger partial charge in [-0.1, -0.05) is 18.2 Å². The van der Waals surface area contributed by atoms with E-state index in [1.165, 1.54) is 17.5 Å². The lowest BCUT2D eigenvalue weighted by Crippen LogP contribution is -2.11. The SMILES string of the molecule is O=C(CCOCC(F)F)Cc1ccc2c(c1)CCC2. The van der Waals surface area contributed by atoms with Crippen molar-refractivity contribution in [2.45, 2.75) is 38.5 Å². The van der Waals surface area contributed by atoms with Gasteiger partial charge >= 0.3 is 0 Å². The van der Waals surface area contributed by atoms with Crippen molar-refractivity contribution in [3.05, 3.63) is 34.9 Å². The van der Waals surface area contributed by atoms with Gasteiger partial charge in [0.05, 0.1) is 6.61 Å². The Morgan fingerprint density at radius 1 is 1.26 bits per heavy atom. The zero-order valence-electron chi connectivity index (χ0n) is 10.8. The summed E-state index contributed by atoms with van der Waals surface area (Å²) in [7, 11) is 0. The zero-order chi connectivity index (χ0) is 13.7. The first-order chi connectivity index (χ1) is 9.15. The molecule has 0 radical (unpaired) electrons. The average molecular weight is 268 g/mol. The third kappa shape index (κ3) is 4.39. The number of aryl methyl sites for hydroxylation is 2. The van der Waals surface area contributed by atoms with Gasteiger partial charge in [-0.25, -0.2) is 8.78 Å². The van der Waals surface area contributed by atoms with E-state index in [4.69, 9.17) is 4.74 Å². The minimum absolute atomic E-state index is 0.0345. The van der Waals surface area contributed by atoms with Gasteiger partial charge in [0.1, 0.15) is 12.4 Å². The van der Waals surface area contributed by atoms with Crippen LogP contribution in [0, 0.1) is 0 Å². The third-order valence-corrected chi connectivity index (χ3v) is 3.33. The second kappa shape index (κ2) is 6.75. The lowest BCUT2D eigenvalue weighted by molar-refractivity contribution is -0.119. The normalized spacial score (nSPS) is 13.8. The number of fused-ring (bicyclic) bond motifs is 1. The molecule has 4 heteroatoms. The molecule has 0 bridgehead atoms. The number of benzene rings is 1. The molecular formula is C15H18F2O2. The van der Waals surface area contributed by atoms with Crippen LogP contribution in [0.1, 0.15) is 29.5 Å². The first-order valence-electron chi connectivity index (χ1n) is 6.63. The van der Waals surface area contributed by atoms with Gasteiger partial charge in [0.2, 0.25) is 0 Å². The molecule has 2 rings (SSSR count). The summed E-state index contributed by atoms with van der Waals surface area (Å²) in [5, 5.41) is 0. The number of ketones is 1. The smallest absolute Gasteiger partial charge is 0.261 e. The van der Waals surface area contributed by atoms with Crippen LogP contribution in [-0.4, -0.2) is 25.4 Å². The highest BCUT2D eigenvalue weighted by Crippen LogP contribution is 2.23. The fraction of sp³-hybridized carbons (Fsp3) is 0.533. The van der Waals surface area contributed by atoms with Gasteiger partial charge in [-0.2, -0.15) is 0 Å². The van der Waals surface area contributed by atoms with Crippen molar-refractivity contribution in [1.82, 2.24) is 0 Å². The predicted molar refractivity (Wildman–Crippen MR) is 68.6 cm³/mol. The molecule has 1 aliphatic rings. The van der Waals surface area contributed by atoms with E-state index in [9.17, 15) is 13.6 Å². The molecule has 0 atom stereocenters. The maximum absolute atomic E-state index is 11.8. The minimum Gasteiger partial charge on any atom is -0.375 e. The standard InChI is InChI=1S/C15H18F2O2/c16-15(17)10-19-7-6-14(18)9-11-4-5-12-2-1-3-13(12)8-11/h4-5,8,15H,1-3,6-7,9-10H2. The van der Waals surface area contributed by atoms with Crippen LogP contribution in [0.15, 0.2) is 18.2 Å². The van der Waals surface area contributed by atoms with E-state index < -0.39 is 13.0 Å². The van der Waals surface area contributed by atoms with Crippen molar-refractivity contribution >= 4 is 5.78 Å². The van der Waals surface area contributed by atoms with Crippen molar-refractivity contribution in [2.75, 3.05) is 13.2 Å². The molecule has 0 heterocycles. The van der Waals surface area contributed by atoms with Gasteiger partial charge in [0.15, 0.2) is 0 Å². The first-order valence-corrected chi connectivity index (χ1v) is 6.63. The predicted octanol–water partition coefficient (Wildman–Crippen LogP) is 2.96. The quantitative estimate of drug-likeness (QED) is 0.711. The monoisotopic (exact) mass is 268 g/mol. The third-order valence-electron chi connectivity index (χ3n) is 3.33. The highest BCUT2D eigenvalue weighted by molar-refractivity contribution is 5.81. The molecule has 1 aromatic carbocycles. The lowest BCUT2D eigenvalue weighted by Gasteiger charge is -2.05. The second-order valence-corrected chi connectivity index (χ2v) is 4.89. The van der Waals surface area contributed by atoms with Crippen molar-refractivity contribution < 1.29 is 18.3 Å². The highest BCUT2D eigenvalue weighted by Gasteiger charge is 2.12. The topological polar surface area (TPSA) is 26.3 Å². The number of hydrogen-bond acceptors (Lipinski definition) is 2. The molecule has 1 aliphatic carbocycles. The van der Waals surface area contributed by atoms with Crippen LogP contribution in [0.4, 0.5) is 8.78 Å². The molecule has 0 fully saturated rings. The maximum atomic E-state index is 11.8. The van der Waals surface area contributed by atoms with E-state index in [1.807, 2.05) is 6.07 Å². The first kappa shape index (κ1) is 14.1. The van der Waals surface area contributed by atoms with Crippen LogP contribution in [-0.2, 0) is 28.8 Å². The molecule has 0 N–H and O–H groups in total. The Kier molecular flexibility index (Phi) is 5.02. The number of halogens is 2. The molecule has 0 saturated heterocycles. The number of carbonyl (C=O) groups excluding carboxylic acids is 1. The number of Topliss-reactive ketones (excluding diaryl/α,β-unsaturated/α-hetero) is 1. The Labute approximate surface area is 111 Å². The summed E-state index contributed by atoms with van der Waals surface area (Å²) in [6, 6.07) is 6.18. The highest BCUT2D eigenvalue weighted by atomic mass is 19.3. The summed E-state index contributed by atoms with van der Waals surface area (Å²) in [6.45, 7) is -0.514. The molecule has 104 valence electrons. The van der Waals surface area contributed by atoms with E-state index in [2.05, 4.69) is 12.1 Å². The van der Waals surface area contributed by atoms with Gasteiger partial charge in [-0.3, -0.25) is 4.79 Å². The molecule has 0 aliphatic heterocycles. The average Bonchev–Trinajstić information content (AvgIpc) is 2.82. The maximum Gasteiger partial charge on any atom is 0.261 e. The Morgan fingerprint density at radius 3 is 2.84 bits per heavy atom. The molecule has 0 spiro atoms. The van der Waals surface area contributed by atoms with Crippen molar-refractivity contribution in [3.8, 4) is 0 Å². The van der Waals surface area contributed by atoms with Crippen molar-refractivity contribution in [1.29, 1.82) is 0 Å². The van der Waals surface area contributed by atoms with Gasteiger partial charge in [-0.15, -0.1) is 0 Å². The van der Waals surface area contributed by atoms with Crippen molar-refractivity contribution in [3.63, 3.8) is 0 Å². The van der Waals surface area contributed by atoms with Crippen LogP contribution in [0.25, 0.3) is 0 Å². The number of rotatable bonds is 7. The Morgan fingerprint density at radius 2 is 2.05 bits per heavy atom. The van der Waals surface area contributed by atoms with Crippen LogP contribution >= 0.6 is 0 Å². The molecule has 19 heavy (non-hydrogen) atoms.